The van der Waals surface area contributed by atoms with Gasteiger partial charge in [-0.1, -0.05) is 49.8 Å². The second-order valence-corrected chi connectivity index (χ2v) is 8.42. The number of unbranched alkanes of at least 4 members (excludes halogenated alkanes) is 1. The van der Waals surface area contributed by atoms with Crippen LogP contribution in [0.1, 0.15) is 49.3 Å². The fourth-order valence-electron chi connectivity index (χ4n) is 3.91. The molecular formula is C28H28F2O2. The zero-order chi connectivity index (χ0) is 22.3. The molecule has 1 saturated heterocycles. The molecule has 0 saturated carbocycles. The van der Waals surface area contributed by atoms with Crippen molar-refractivity contribution < 1.29 is 18.3 Å². The Kier molecular flexibility index (Phi) is 7.52. The summed E-state index contributed by atoms with van der Waals surface area (Å²) in [7, 11) is 0. The van der Waals surface area contributed by atoms with E-state index in [1.54, 1.807) is 12.1 Å². The molecule has 0 bridgehead atoms. The maximum atomic E-state index is 13.5. The van der Waals surface area contributed by atoms with Gasteiger partial charge >= 0.3 is 0 Å². The summed E-state index contributed by atoms with van der Waals surface area (Å²) < 4.78 is 38.6. The standard InChI is InChI=1S/C28H28F2O2/c1-2-3-4-23-18-31-28(32-19-23)14-12-21-7-5-20(6-8-21)9-10-22-11-13-24-16-26(29)27(30)17-25(24)15-22/h5-8,11,13,15-17,23,28H,2-4,12,14,18-19H2,1H3. The van der Waals surface area contributed by atoms with E-state index in [-0.39, 0.29) is 6.29 Å². The van der Waals surface area contributed by atoms with Crippen molar-refractivity contribution in [3.05, 3.63) is 82.9 Å². The first-order valence-electron chi connectivity index (χ1n) is 11.3. The Balaban J connectivity index is 1.31. The van der Waals surface area contributed by atoms with E-state index in [4.69, 9.17) is 9.47 Å². The highest BCUT2D eigenvalue weighted by atomic mass is 19.2. The van der Waals surface area contributed by atoms with Crippen LogP contribution < -0.4 is 0 Å². The lowest BCUT2D eigenvalue weighted by Crippen LogP contribution is -2.32. The number of halogens is 2. The van der Waals surface area contributed by atoms with Gasteiger partial charge < -0.3 is 9.47 Å². The van der Waals surface area contributed by atoms with Gasteiger partial charge in [0.15, 0.2) is 17.9 Å². The third-order valence-corrected chi connectivity index (χ3v) is 5.85. The number of benzene rings is 3. The van der Waals surface area contributed by atoms with Gasteiger partial charge in [0.05, 0.1) is 13.2 Å². The first-order valence-corrected chi connectivity index (χ1v) is 11.3. The summed E-state index contributed by atoms with van der Waals surface area (Å²) >= 11 is 0. The fourth-order valence-corrected chi connectivity index (χ4v) is 3.91. The third-order valence-electron chi connectivity index (χ3n) is 5.85. The van der Waals surface area contributed by atoms with Gasteiger partial charge in [-0.2, -0.15) is 0 Å². The van der Waals surface area contributed by atoms with Crippen molar-refractivity contribution in [3.8, 4) is 11.8 Å². The van der Waals surface area contributed by atoms with Gasteiger partial charge in [0.2, 0.25) is 0 Å². The summed E-state index contributed by atoms with van der Waals surface area (Å²) in [5.41, 5.74) is 2.89. The molecule has 0 radical (unpaired) electrons. The second-order valence-electron chi connectivity index (χ2n) is 8.42. The molecule has 166 valence electrons. The van der Waals surface area contributed by atoms with Gasteiger partial charge in [-0.05, 0) is 65.6 Å². The summed E-state index contributed by atoms with van der Waals surface area (Å²) in [6, 6.07) is 15.9. The zero-order valence-electron chi connectivity index (χ0n) is 18.4. The molecule has 1 fully saturated rings. The normalized spacial score (nSPS) is 18.3. The Labute approximate surface area is 188 Å². The summed E-state index contributed by atoms with van der Waals surface area (Å²) in [6.45, 7) is 3.81. The minimum atomic E-state index is -0.849. The fraction of sp³-hybridized carbons (Fsp3) is 0.357. The Hall–Kier alpha value is -2.74. The number of hydrogen-bond acceptors (Lipinski definition) is 2. The number of rotatable bonds is 6. The molecule has 1 heterocycles. The van der Waals surface area contributed by atoms with Crippen molar-refractivity contribution in [3.63, 3.8) is 0 Å². The van der Waals surface area contributed by atoms with Gasteiger partial charge in [-0.3, -0.25) is 0 Å². The molecule has 0 aliphatic carbocycles. The van der Waals surface area contributed by atoms with Crippen LogP contribution in [0, 0.1) is 29.4 Å². The van der Waals surface area contributed by atoms with E-state index < -0.39 is 11.6 Å². The summed E-state index contributed by atoms with van der Waals surface area (Å²) in [5.74, 6) is 5.09. The Morgan fingerprint density at radius 3 is 2.19 bits per heavy atom. The highest BCUT2D eigenvalue weighted by molar-refractivity contribution is 5.84. The molecule has 0 unspecified atom stereocenters. The van der Waals surface area contributed by atoms with Crippen LogP contribution in [0.5, 0.6) is 0 Å². The highest BCUT2D eigenvalue weighted by Crippen LogP contribution is 2.21. The van der Waals surface area contributed by atoms with Crippen LogP contribution in [0.3, 0.4) is 0 Å². The molecule has 0 atom stereocenters. The molecule has 3 aromatic carbocycles. The average Bonchev–Trinajstić information content (AvgIpc) is 2.82. The lowest BCUT2D eigenvalue weighted by Gasteiger charge is -2.29. The van der Waals surface area contributed by atoms with Crippen LogP contribution in [0.2, 0.25) is 0 Å². The first kappa shape index (κ1) is 22.5. The van der Waals surface area contributed by atoms with Crippen LogP contribution in [-0.4, -0.2) is 19.5 Å². The van der Waals surface area contributed by atoms with Crippen LogP contribution in [0.15, 0.2) is 54.6 Å². The van der Waals surface area contributed by atoms with E-state index in [1.807, 2.05) is 18.2 Å². The maximum absolute atomic E-state index is 13.5. The van der Waals surface area contributed by atoms with E-state index >= 15 is 0 Å². The predicted octanol–water partition coefficient (Wildman–Crippen LogP) is 6.63. The molecular weight excluding hydrogens is 406 g/mol. The number of ether oxygens (including phenoxy) is 2. The van der Waals surface area contributed by atoms with E-state index in [2.05, 4.69) is 30.9 Å². The SMILES string of the molecule is CCCCC1COC(CCc2ccc(C#Cc3ccc4cc(F)c(F)cc4c3)cc2)OC1. The largest absolute Gasteiger partial charge is 0.352 e. The van der Waals surface area contributed by atoms with E-state index in [9.17, 15) is 8.78 Å². The minimum absolute atomic E-state index is 0.112. The summed E-state index contributed by atoms with van der Waals surface area (Å²) in [4.78, 5) is 0. The maximum Gasteiger partial charge on any atom is 0.159 e. The Bertz CT molecular complexity index is 1100. The number of aryl methyl sites for hydroxylation is 1. The predicted molar refractivity (Wildman–Crippen MR) is 123 cm³/mol. The van der Waals surface area contributed by atoms with Crippen molar-refractivity contribution in [2.75, 3.05) is 13.2 Å². The van der Waals surface area contributed by atoms with Gasteiger partial charge in [0.25, 0.3) is 0 Å². The molecule has 4 rings (SSSR count). The molecule has 0 spiro atoms. The van der Waals surface area contributed by atoms with E-state index in [0.717, 1.165) is 37.2 Å². The third kappa shape index (κ3) is 5.94. The number of hydrogen-bond donors (Lipinski definition) is 0. The molecule has 4 heteroatoms. The topological polar surface area (TPSA) is 18.5 Å². The zero-order valence-corrected chi connectivity index (χ0v) is 18.4. The van der Waals surface area contributed by atoms with Crippen LogP contribution >= 0.6 is 0 Å². The summed E-state index contributed by atoms with van der Waals surface area (Å²) in [6.07, 6.45) is 5.25. The van der Waals surface area contributed by atoms with E-state index in [0.29, 0.717) is 16.7 Å². The molecule has 0 N–H and O–H groups in total. The van der Waals surface area contributed by atoms with Gasteiger partial charge in [-0.15, -0.1) is 0 Å². The lowest BCUT2D eigenvalue weighted by molar-refractivity contribution is -0.203. The molecule has 0 aromatic heterocycles. The van der Waals surface area contributed by atoms with Crippen molar-refractivity contribution in [2.45, 2.75) is 45.3 Å². The molecule has 2 nitrogen and oxygen atoms in total. The lowest BCUT2D eigenvalue weighted by atomic mass is 10.0. The molecule has 32 heavy (non-hydrogen) atoms. The number of fused-ring (bicyclic) bond motifs is 1. The highest BCUT2D eigenvalue weighted by Gasteiger charge is 2.21. The van der Waals surface area contributed by atoms with Crippen LogP contribution in [0.25, 0.3) is 10.8 Å². The first-order chi connectivity index (χ1) is 15.6. The van der Waals surface area contributed by atoms with Crippen molar-refractivity contribution in [1.29, 1.82) is 0 Å². The van der Waals surface area contributed by atoms with Gasteiger partial charge in [0, 0.05) is 23.5 Å². The van der Waals surface area contributed by atoms with Crippen molar-refractivity contribution in [1.82, 2.24) is 0 Å². The quantitative estimate of drug-likeness (QED) is 0.406. The molecule has 1 aliphatic heterocycles. The monoisotopic (exact) mass is 434 g/mol. The second kappa shape index (κ2) is 10.7. The Morgan fingerprint density at radius 1 is 0.812 bits per heavy atom. The molecule has 1 aliphatic rings. The molecule has 0 amide bonds. The van der Waals surface area contributed by atoms with E-state index in [1.165, 1.54) is 37.0 Å². The van der Waals surface area contributed by atoms with Gasteiger partial charge in [0.1, 0.15) is 0 Å². The Morgan fingerprint density at radius 2 is 1.47 bits per heavy atom. The van der Waals surface area contributed by atoms with Crippen molar-refractivity contribution >= 4 is 10.8 Å². The summed E-state index contributed by atoms with van der Waals surface area (Å²) in [5, 5.41) is 1.29. The molecule has 3 aromatic rings. The minimum Gasteiger partial charge on any atom is -0.352 e. The van der Waals surface area contributed by atoms with Crippen LogP contribution in [0.4, 0.5) is 8.78 Å². The average molecular weight is 435 g/mol. The van der Waals surface area contributed by atoms with Gasteiger partial charge in [-0.25, -0.2) is 8.78 Å². The smallest absolute Gasteiger partial charge is 0.159 e. The van der Waals surface area contributed by atoms with Crippen molar-refractivity contribution in [2.24, 2.45) is 5.92 Å². The van der Waals surface area contributed by atoms with Crippen LogP contribution in [-0.2, 0) is 15.9 Å².